The van der Waals surface area contributed by atoms with Crippen LogP contribution in [0.2, 0.25) is 0 Å². The second-order valence-electron chi connectivity index (χ2n) is 4.78. The van der Waals surface area contributed by atoms with E-state index in [0.717, 1.165) is 6.54 Å². The van der Waals surface area contributed by atoms with Gasteiger partial charge in [-0.25, -0.2) is 0 Å². The third-order valence-electron chi connectivity index (χ3n) is 2.02. The van der Waals surface area contributed by atoms with E-state index in [1.54, 1.807) is 0 Å². The van der Waals surface area contributed by atoms with Crippen LogP contribution in [0.25, 0.3) is 0 Å². The molecule has 0 spiro atoms. The summed E-state index contributed by atoms with van der Waals surface area (Å²) in [6, 6.07) is 0. The Kier molecular flexibility index (Phi) is 3.82. The highest BCUT2D eigenvalue weighted by atomic mass is 16.4. The first-order chi connectivity index (χ1) is 6.93. The maximum Gasteiger partial charge on any atom is 0.230 e. The minimum atomic E-state index is -0.0856. The van der Waals surface area contributed by atoms with Gasteiger partial charge in [-0.15, -0.1) is 10.2 Å². The van der Waals surface area contributed by atoms with Crippen molar-refractivity contribution in [1.82, 2.24) is 15.1 Å². The molecule has 0 aromatic carbocycles. The summed E-state index contributed by atoms with van der Waals surface area (Å²) < 4.78 is 5.56. The maximum atomic E-state index is 5.56. The SMILES string of the molecule is CN(CCN)Cc1nnc(C(C)(C)C)o1. The Hall–Kier alpha value is -0.940. The Morgan fingerprint density at radius 3 is 2.47 bits per heavy atom. The molecule has 0 unspecified atom stereocenters. The van der Waals surface area contributed by atoms with E-state index in [1.165, 1.54) is 0 Å². The summed E-state index contributed by atoms with van der Waals surface area (Å²) >= 11 is 0. The van der Waals surface area contributed by atoms with Gasteiger partial charge in [0.15, 0.2) is 0 Å². The van der Waals surface area contributed by atoms with Crippen molar-refractivity contribution < 1.29 is 4.42 Å². The van der Waals surface area contributed by atoms with E-state index < -0.39 is 0 Å². The third kappa shape index (κ3) is 3.60. The summed E-state index contributed by atoms with van der Waals surface area (Å²) in [6.07, 6.45) is 0. The molecule has 2 N–H and O–H groups in total. The summed E-state index contributed by atoms with van der Waals surface area (Å²) in [5.41, 5.74) is 5.36. The highest BCUT2D eigenvalue weighted by molar-refractivity contribution is 4.95. The fourth-order valence-electron chi connectivity index (χ4n) is 1.15. The molecule has 0 amide bonds. The molecular formula is C10H20N4O. The zero-order valence-corrected chi connectivity index (χ0v) is 9.95. The lowest BCUT2D eigenvalue weighted by Crippen LogP contribution is -2.25. The highest BCUT2D eigenvalue weighted by Gasteiger charge is 2.21. The van der Waals surface area contributed by atoms with Gasteiger partial charge in [-0.2, -0.15) is 0 Å². The van der Waals surface area contributed by atoms with Gasteiger partial charge in [0.05, 0.1) is 6.54 Å². The number of rotatable bonds is 4. The van der Waals surface area contributed by atoms with Crippen molar-refractivity contribution in [2.24, 2.45) is 5.73 Å². The van der Waals surface area contributed by atoms with E-state index in [1.807, 2.05) is 27.8 Å². The summed E-state index contributed by atoms with van der Waals surface area (Å²) in [7, 11) is 1.98. The standard InChI is InChI=1S/C10H20N4O/c1-10(2,3)9-13-12-8(15-9)7-14(4)6-5-11/h5-7,11H2,1-4H3. The molecule has 0 bridgehead atoms. The molecule has 5 heteroatoms. The van der Waals surface area contributed by atoms with E-state index in [2.05, 4.69) is 15.1 Å². The lowest BCUT2D eigenvalue weighted by atomic mass is 9.97. The summed E-state index contributed by atoms with van der Waals surface area (Å²) in [5.74, 6) is 1.33. The van der Waals surface area contributed by atoms with Gasteiger partial charge in [0.1, 0.15) is 0 Å². The summed E-state index contributed by atoms with van der Waals surface area (Å²) in [6.45, 7) is 8.26. The molecule has 0 radical (unpaired) electrons. The van der Waals surface area contributed by atoms with Crippen LogP contribution in [0.5, 0.6) is 0 Å². The smallest absolute Gasteiger partial charge is 0.230 e. The molecule has 0 saturated carbocycles. The number of hydrogen-bond acceptors (Lipinski definition) is 5. The third-order valence-corrected chi connectivity index (χ3v) is 2.02. The fourth-order valence-corrected chi connectivity index (χ4v) is 1.15. The van der Waals surface area contributed by atoms with Crippen LogP contribution < -0.4 is 5.73 Å². The van der Waals surface area contributed by atoms with E-state index >= 15 is 0 Å². The van der Waals surface area contributed by atoms with Crippen LogP contribution in [0.1, 0.15) is 32.6 Å². The molecule has 15 heavy (non-hydrogen) atoms. The first-order valence-electron chi connectivity index (χ1n) is 5.15. The lowest BCUT2D eigenvalue weighted by Gasteiger charge is -2.13. The van der Waals surface area contributed by atoms with Gasteiger partial charge in [0.2, 0.25) is 11.8 Å². The largest absolute Gasteiger partial charge is 0.423 e. The predicted molar refractivity (Wildman–Crippen MR) is 58.4 cm³/mol. The molecule has 1 rings (SSSR count). The van der Waals surface area contributed by atoms with Crippen LogP contribution in [0.15, 0.2) is 4.42 Å². The summed E-state index contributed by atoms with van der Waals surface area (Å²) in [4.78, 5) is 2.06. The van der Waals surface area contributed by atoms with Gasteiger partial charge in [0, 0.05) is 18.5 Å². The summed E-state index contributed by atoms with van der Waals surface area (Å²) in [5, 5.41) is 8.03. The van der Waals surface area contributed by atoms with Crippen LogP contribution in [-0.2, 0) is 12.0 Å². The molecule has 5 nitrogen and oxygen atoms in total. The van der Waals surface area contributed by atoms with Crippen LogP contribution in [0.4, 0.5) is 0 Å². The average Bonchev–Trinajstić information content (AvgIpc) is 2.52. The maximum absolute atomic E-state index is 5.56. The van der Waals surface area contributed by atoms with Crippen molar-refractivity contribution >= 4 is 0 Å². The monoisotopic (exact) mass is 212 g/mol. The minimum Gasteiger partial charge on any atom is -0.423 e. The molecule has 86 valence electrons. The topological polar surface area (TPSA) is 68.2 Å². The van der Waals surface area contributed by atoms with E-state index in [0.29, 0.717) is 24.9 Å². The molecule has 1 heterocycles. The molecule has 1 aromatic rings. The van der Waals surface area contributed by atoms with Crippen LogP contribution in [0.3, 0.4) is 0 Å². The molecule has 0 aliphatic rings. The molecule has 0 atom stereocenters. The minimum absolute atomic E-state index is 0.0856. The first kappa shape index (κ1) is 12.1. The number of nitrogens with two attached hydrogens (primary N) is 1. The molecule has 0 saturated heterocycles. The second-order valence-corrected chi connectivity index (χ2v) is 4.78. The van der Waals surface area contributed by atoms with Gasteiger partial charge in [-0.3, -0.25) is 4.90 Å². The quantitative estimate of drug-likeness (QED) is 0.798. The molecule has 0 fully saturated rings. The fraction of sp³-hybridized carbons (Fsp3) is 0.800. The van der Waals surface area contributed by atoms with Gasteiger partial charge in [0.25, 0.3) is 0 Å². The molecule has 0 aliphatic carbocycles. The Morgan fingerprint density at radius 1 is 1.33 bits per heavy atom. The Morgan fingerprint density at radius 2 is 2.00 bits per heavy atom. The van der Waals surface area contributed by atoms with Gasteiger partial charge >= 0.3 is 0 Å². The van der Waals surface area contributed by atoms with Crippen LogP contribution >= 0.6 is 0 Å². The molecule has 0 aliphatic heterocycles. The van der Waals surface area contributed by atoms with Crippen molar-refractivity contribution in [1.29, 1.82) is 0 Å². The van der Waals surface area contributed by atoms with Crippen molar-refractivity contribution in [3.8, 4) is 0 Å². The predicted octanol–water partition coefficient (Wildman–Crippen LogP) is 0.758. The number of hydrogen-bond donors (Lipinski definition) is 1. The zero-order chi connectivity index (χ0) is 11.5. The Labute approximate surface area is 90.7 Å². The zero-order valence-electron chi connectivity index (χ0n) is 9.95. The van der Waals surface area contributed by atoms with Crippen molar-refractivity contribution in [2.45, 2.75) is 32.7 Å². The van der Waals surface area contributed by atoms with E-state index in [9.17, 15) is 0 Å². The number of nitrogens with zero attached hydrogens (tertiary/aromatic N) is 3. The van der Waals surface area contributed by atoms with E-state index in [-0.39, 0.29) is 5.41 Å². The second kappa shape index (κ2) is 4.72. The normalized spacial score (nSPS) is 12.4. The Bertz CT molecular complexity index is 303. The van der Waals surface area contributed by atoms with Crippen molar-refractivity contribution in [2.75, 3.05) is 20.1 Å². The van der Waals surface area contributed by atoms with Gasteiger partial charge in [-0.05, 0) is 7.05 Å². The Balaban J connectivity index is 2.61. The highest BCUT2D eigenvalue weighted by Crippen LogP contribution is 2.20. The number of aromatic nitrogens is 2. The van der Waals surface area contributed by atoms with Crippen molar-refractivity contribution in [3.63, 3.8) is 0 Å². The van der Waals surface area contributed by atoms with Crippen LogP contribution in [0, 0.1) is 0 Å². The van der Waals surface area contributed by atoms with Gasteiger partial charge < -0.3 is 10.2 Å². The van der Waals surface area contributed by atoms with Crippen LogP contribution in [-0.4, -0.2) is 35.2 Å². The van der Waals surface area contributed by atoms with Crippen molar-refractivity contribution in [3.05, 3.63) is 11.8 Å². The van der Waals surface area contributed by atoms with E-state index in [4.69, 9.17) is 10.2 Å². The molecule has 1 aromatic heterocycles. The number of likely N-dealkylation sites (N-methyl/N-ethyl adjacent to an activating group) is 1. The first-order valence-corrected chi connectivity index (χ1v) is 5.15. The molecular weight excluding hydrogens is 192 g/mol. The average molecular weight is 212 g/mol. The van der Waals surface area contributed by atoms with Gasteiger partial charge in [-0.1, -0.05) is 20.8 Å². The lowest BCUT2D eigenvalue weighted by molar-refractivity contribution is 0.280.